The molecule has 1 heteroatoms. The van der Waals surface area contributed by atoms with Crippen molar-refractivity contribution < 1.29 is 0 Å². The van der Waals surface area contributed by atoms with E-state index in [0.717, 1.165) is 5.92 Å². The quantitative estimate of drug-likeness (QED) is 0.512. The van der Waals surface area contributed by atoms with Crippen molar-refractivity contribution in [3.63, 3.8) is 0 Å². The molecule has 0 saturated heterocycles. The van der Waals surface area contributed by atoms with Gasteiger partial charge in [-0.05, 0) is 5.92 Å². The number of rotatable bonds is 0. The van der Waals surface area contributed by atoms with Crippen molar-refractivity contribution in [3.05, 3.63) is 0 Å². The second-order valence-electron chi connectivity index (χ2n) is 6.11. The number of hydrogen-bond donors (Lipinski definition) is 0. The van der Waals surface area contributed by atoms with Crippen LogP contribution in [-0.4, -0.2) is 7.85 Å². The van der Waals surface area contributed by atoms with Crippen LogP contribution in [0.1, 0.15) is 71.6 Å². The predicted octanol–water partition coefficient (Wildman–Crippen LogP) is 3.96. The highest BCUT2D eigenvalue weighted by Crippen LogP contribution is 2.36. The van der Waals surface area contributed by atoms with Crippen LogP contribution in [0.15, 0.2) is 0 Å². The lowest BCUT2D eigenvalue weighted by molar-refractivity contribution is 0.406. The van der Waals surface area contributed by atoms with Crippen LogP contribution in [0, 0.1) is 5.92 Å². The molecule has 0 aromatic rings. The summed E-state index contributed by atoms with van der Waals surface area (Å²) in [7, 11) is 2.46. The van der Waals surface area contributed by atoms with Gasteiger partial charge in [-0.15, -0.1) is 0 Å². The van der Waals surface area contributed by atoms with Gasteiger partial charge in [-0.2, -0.15) is 0 Å². The summed E-state index contributed by atoms with van der Waals surface area (Å²) < 4.78 is 0. The fourth-order valence-corrected chi connectivity index (χ4v) is 2.53. The molecule has 0 amide bonds. The van der Waals surface area contributed by atoms with Crippen LogP contribution in [-0.2, 0) is 0 Å². The Kier molecular flexibility index (Phi) is 5.05. The first-order valence-corrected chi connectivity index (χ1v) is 6.60. The van der Waals surface area contributed by atoms with Gasteiger partial charge in [0.2, 0.25) is 0 Å². The third kappa shape index (κ3) is 5.07. The molecule has 0 radical (unpaired) electrons. The fraction of sp³-hybridized carbons (Fsp3) is 1.00. The Bertz CT molecular complexity index is 151. The zero-order valence-electron chi connectivity index (χ0n) is 10.4. The van der Waals surface area contributed by atoms with Crippen molar-refractivity contribution in [2.75, 3.05) is 0 Å². The van der Waals surface area contributed by atoms with E-state index in [9.17, 15) is 0 Å². The van der Waals surface area contributed by atoms with Crippen LogP contribution in [0.25, 0.3) is 0 Å². The molecular formula is C13H27B. The lowest BCUT2D eigenvalue weighted by atomic mass is 9.64. The smallest absolute Gasteiger partial charge is 0.0669 e. The van der Waals surface area contributed by atoms with Gasteiger partial charge in [0.15, 0.2) is 0 Å². The van der Waals surface area contributed by atoms with Gasteiger partial charge in [-0.25, -0.2) is 0 Å². The zero-order valence-corrected chi connectivity index (χ0v) is 10.4. The van der Waals surface area contributed by atoms with Crippen molar-refractivity contribution in [2.24, 2.45) is 5.92 Å². The molecule has 0 aromatic heterocycles. The van der Waals surface area contributed by atoms with Crippen molar-refractivity contribution in [2.45, 2.75) is 76.9 Å². The normalized spacial score (nSPS) is 37.4. The van der Waals surface area contributed by atoms with Crippen molar-refractivity contribution in [1.29, 1.82) is 0 Å². The van der Waals surface area contributed by atoms with E-state index in [1.54, 1.807) is 0 Å². The first kappa shape index (κ1) is 12.1. The summed E-state index contributed by atoms with van der Waals surface area (Å²) in [6, 6.07) is 0. The SMILES string of the molecule is BC1(C)CCCCCCCC(C)CC1. The Morgan fingerprint density at radius 3 is 2.36 bits per heavy atom. The van der Waals surface area contributed by atoms with E-state index in [2.05, 4.69) is 21.7 Å². The first-order valence-electron chi connectivity index (χ1n) is 6.60. The molecule has 1 rings (SSSR count). The average Bonchev–Trinajstić information content (AvgIpc) is 2.15. The molecule has 0 spiro atoms. The van der Waals surface area contributed by atoms with E-state index in [-0.39, 0.29) is 0 Å². The van der Waals surface area contributed by atoms with Gasteiger partial charge in [-0.1, -0.05) is 76.9 Å². The summed E-state index contributed by atoms with van der Waals surface area (Å²) >= 11 is 0. The molecule has 0 N–H and O–H groups in total. The average molecular weight is 194 g/mol. The van der Waals surface area contributed by atoms with Crippen LogP contribution in [0.4, 0.5) is 0 Å². The van der Waals surface area contributed by atoms with Crippen molar-refractivity contribution in [3.8, 4) is 0 Å². The van der Waals surface area contributed by atoms with E-state index in [4.69, 9.17) is 0 Å². The molecule has 0 aromatic carbocycles. The van der Waals surface area contributed by atoms with E-state index in [1.807, 2.05) is 0 Å². The van der Waals surface area contributed by atoms with Gasteiger partial charge in [-0.3, -0.25) is 0 Å². The van der Waals surface area contributed by atoms with E-state index < -0.39 is 0 Å². The third-order valence-electron chi connectivity index (χ3n) is 3.86. The number of hydrogen-bond acceptors (Lipinski definition) is 0. The highest BCUT2D eigenvalue weighted by Gasteiger charge is 2.18. The summed E-state index contributed by atoms with van der Waals surface area (Å²) in [5.41, 5.74) is 0. The maximum Gasteiger partial charge on any atom is 0.109 e. The molecule has 0 nitrogen and oxygen atoms in total. The summed E-state index contributed by atoms with van der Waals surface area (Å²) in [5.74, 6) is 0.965. The molecule has 1 aliphatic rings. The molecule has 82 valence electrons. The monoisotopic (exact) mass is 194 g/mol. The molecule has 1 saturated carbocycles. The van der Waals surface area contributed by atoms with E-state index >= 15 is 0 Å². The fourth-order valence-electron chi connectivity index (χ4n) is 2.53. The van der Waals surface area contributed by atoms with Crippen LogP contribution in [0.2, 0.25) is 5.31 Å². The van der Waals surface area contributed by atoms with Crippen LogP contribution in [0.5, 0.6) is 0 Å². The molecule has 0 aliphatic heterocycles. The maximum atomic E-state index is 2.46. The molecule has 0 heterocycles. The van der Waals surface area contributed by atoms with Crippen molar-refractivity contribution >= 4 is 7.85 Å². The molecule has 1 fully saturated rings. The largest absolute Gasteiger partial charge is 0.109 e. The molecule has 2 unspecified atom stereocenters. The Hall–Kier alpha value is 0.0649. The first-order chi connectivity index (χ1) is 6.60. The van der Waals surface area contributed by atoms with E-state index in [1.165, 1.54) is 57.8 Å². The maximum absolute atomic E-state index is 2.46. The second-order valence-corrected chi connectivity index (χ2v) is 6.11. The third-order valence-corrected chi connectivity index (χ3v) is 3.86. The molecule has 2 atom stereocenters. The van der Waals surface area contributed by atoms with Gasteiger partial charge in [0.05, 0.1) is 0 Å². The van der Waals surface area contributed by atoms with E-state index in [0.29, 0.717) is 5.31 Å². The molecule has 14 heavy (non-hydrogen) atoms. The van der Waals surface area contributed by atoms with Gasteiger partial charge < -0.3 is 0 Å². The van der Waals surface area contributed by atoms with Crippen LogP contribution in [0.3, 0.4) is 0 Å². The summed E-state index contributed by atoms with van der Waals surface area (Å²) in [6.45, 7) is 4.89. The standard InChI is InChI=1S/C13H27B/c1-12-8-6-4-3-5-7-10-13(2,14)11-9-12/h12H,3-11,14H2,1-2H3. The van der Waals surface area contributed by atoms with Gasteiger partial charge in [0.1, 0.15) is 7.85 Å². The van der Waals surface area contributed by atoms with Gasteiger partial charge in [0, 0.05) is 0 Å². The van der Waals surface area contributed by atoms with Crippen LogP contribution < -0.4 is 0 Å². The van der Waals surface area contributed by atoms with Gasteiger partial charge in [0.25, 0.3) is 0 Å². The minimum absolute atomic E-state index is 0.610. The summed E-state index contributed by atoms with van der Waals surface area (Å²) in [5, 5.41) is 0.610. The lowest BCUT2D eigenvalue weighted by Crippen LogP contribution is -2.09. The summed E-state index contributed by atoms with van der Waals surface area (Å²) in [4.78, 5) is 0. The predicted molar refractivity (Wildman–Crippen MR) is 67.6 cm³/mol. The molecule has 0 bridgehead atoms. The molecule has 1 aliphatic carbocycles. The Balaban J connectivity index is 2.38. The Morgan fingerprint density at radius 2 is 1.57 bits per heavy atom. The Labute approximate surface area is 91.3 Å². The summed E-state index contributed by atoms with van der Waals surface area (Å²) in [6.07, 6.45) is 13.2. The Morgan fingerprint density at radius 1 is 0.929 bits per heavy atom. The highest BCUT2D eigenvalue weighted by molar-refractivity contribution is 6.14. The van der Waals surface area contributed by atoms with Crippen LogP contribution >= 0.6 is 0 Å². The van der Waals surface area contributed by atoms with Gasteiger partial charge >= 0.3 is 0 Å². The minimum Gasteiger partial charge on any atom is -0.0669 e. The second kappa shape index (κ2) is 5.83. The lowest BCUT2D eigenvalue weighted by Gasteiger charge is -2.25. The molecular weight excluding hydrogens is 167 g/mol. The highest BCUT2D eigenvalue weighted by atomic mass is 14.2. The topological polar surface area (TPSA) is 0 Å². The van der Waals surface area contributed by atoms with Crippen molar-refractivity contribution in [1.82, 2.24) is 0 Å². The minimum atomic E-state index is 0.610. The zero-order chi connectivity index (χ0) is 10.4.